The topological polar surface area (TPSA) is 66.7 Å². The highest BCUT2D eigenvalue weighted by Gasteiger charge is 2.30. The Morgan fingerprint density at radius 3 is 2.18 bits per heavy atom. The fourth-order valence-corrected chi connectivity index (χ4v) is 4.07. The molecule has 1 aromatic heterocycles. The molecule has 0 bridgehead atoms. The number of piperidine rings is 1. The predicted octanol–water partition coefficient (Wildman–Crippen LogP) is 3.55. The second-order valence-corrected chi connectivity index (χ2v) is 7.89. The van der Waals surface area contributed by atoms with Gasteiger partial charge in [0.2, 0.25) is 0 Å². The Hall–Kier alpha value is -2.63. The second-order valence-electron chi connectivity index (χ2n) is 7.89. The van der Waals surface area contributed by atoms with Crippen LogP contribution in [0.3, 0.4) is 0 Å². The average Bonchev–Trinajstić information content (AvgIpc) is 3.38. The number of rotatable bonds is 3. The molecule has 2 aromatic rings. The molecular formula is C22H27N3O3. The van der Waals surface area contributed by atoms with Crippen LogP contribution in [-0.2, 0) is 0 Å². The lowest BCUT2D eigenvalue weighted by Crippen LogP contribution is -2.38. The first-order valence-electron chi connectivity index (χ1n) is 10.2. The fraction of sp³-hybridized carbons (Fsp3) is 0.500. The van der Waals surface area contributed by atoms with E-state index in [1.54, 1.807) is 0 Å². The zero-order chi connectivity index (χ0) is 19.7. The summed E-state index contributed by atoms with van der Waals surface area (Å²) in [4.78, 5) is 33.6. The molecule has 6 heteroatoms. The van der Waals surface area contributed by atoms with Gasteiger partial charge in [0.05, 0.1) is 0 Å². The van der Waals surface area contributed by atoms with Gasteiger partial charge in [-0.1, -0.05) is 17.7 Å². The number of hydrogen-bond acceptors (Lipinski definition) is 4. The maximum Gasteiger partial charge on any atom is 0.276 e. The minimum Gasteiger partial charge on any atom is -0.445 e. The van der Waals surface area contributed by atoms with Gasteiger partial charge in [-0.15, -0.1) is 0 Å². The summed E-state index contributed by atoms with van der Waals surface area (Å²) in [6.45, 7) is 6.79. The van der Waals surface area contributed by atoms with E-state index in [0.717, 1.165) is 49.9 Å². The summed E-state index contributed by atoms with van der Waals surface area (Å²) in [7, 11) is 0. The standard InChI is InChI=1S/C22H27N3O3/c1-15-5-7-18(8-6-15)21(26)25-13-9-17(10-14-25)20-23-19(16(2)28-20)22(27)24-11-3-4-12-24/h5-8,17H,3-4,9-14H2,1-2H3. The normalized spacial score (nSPS) is 17.9. The summed E-state index contributed by atoms with van der Waals surface area (Å²) < 4.78 is 5.87. The summed E-state index contributed by atoms with van der Waals surface area (Å²) in [6.07, 6.45) is 3.72. The van der Waals surface area contributed by atoms with Crippen LogP contribution in [0.2, 0.25) is 0 Å². The second kappa shape index (κ2) is 7.78. The lowest BCUT2D eigenvalue weighted by molar-refractivity contribution is 0.0705. The Labute approximate surface area is 165 Å². The van der Waals surface area contributed by atoms with E-state index < -0.39 is 0 Å². The molecule has 2 aliphatic heterocycles. The first-order valence-corrected chi connectivity index (χ1v) is 10.2. The molecule has 2 aliphatic rings. The summed E-state index contributed by atoms with van der Waals surface area (Å²) >= 11 is 0. The van der Waals surface area contributed by atoms with Crippen molar-refractivity contribution in [2.24, 2.45) is 0 Å². The molecule has 0 N–H and O–H groups in total. The summed E-state index contributed by atoms with van der Waals surface area (Å²) in [5, 5.41) is 0. The molecule has 0 aliphatic carbocycles. The van der Waals surface area contributed by atoms with Gasteiger partial charge in [-0.25, -0.2) is 4.98 Å². The molecule has 0 radical (unpaired) electrons. The number of amides is 2. The van der Waals surface area contributed by atoms with Gasteiger partial charge < -0.3 is 14.2 Å². The molecule has 2 amide bonds. The van der Waals surface area contributed by atoms with Crippen LogP contribution >= 0.6 is 0 Å². The number of carbonyl (C=O) groups excluding carboxylic acids is 2. The van der Waals surface area contributed by atoms with Crippen LogP contribution in [0.25, 0.3) is 0 Å². The van der Waals surface area contributed by atoms with Crippen molar-refractivity contribution in [1.29, 1.82) is 0 Å². The van der Waals surface area contributed by atoms with Crippen LogP contribution in [0.15, 0.2) is 28.7 Å². The highest BCUT2D eigenvalue weighted by atomic mass is 16.4. The van der Waals surface area contributed by atoms with Crippen molar-refractivity contribution >= 4 is 11.8 Å². The molecule has 2 fully saturated rings. The highest BCUT2D eigenvalue weighted by molar-refractivity contribution is 5.94. The quantitative estimate of drug-likeness (QED) is 0.815. The molecule has 4 rings (SSSR count). The highest BCUT2D eigenvalue weighted by Crippen LogP contribution is 2.30. The van der Waals surface area contributed by atoms with Gasteiger partial charge in [0.15, 0.2) is 11.6 Å². The number of likely N-dealkylation sites (tertiary alicyclic amines) is 2. The van der Waals surface area contributed by atoms with Crippen LogP contribution in [0.4, 0.5) is 0 Å². The van der Waals surface area contributed by atoms with Crippen molar-refractivity contribution < 1.29 is 14.0 Å². The van der Waals surface area contributed by atoms with E-state index in [1.165, 1.54) is 0 Å². The van der Waals surface area contributed by atoms with Crippen LogP contribution in [0.1, 0.15) is 69.7 Å². The zero-order valence-corrected chi connectivity index (χ0v) is 16.6. The first-order chi connectivity index (χ1) is 13.5. The monoisotopic (exact) mass is 381 g/mol. The molecule has 3 heterocycles. The molecule has 28 heavy (non-hydrogen) atoms. The summed E-state index contributed by atoms with van der Waals surface area (Å²) in [5.41, 5.74) is 2.33. The number of aryl methyl sites for hydroxylation is 2. The van der Waals surface area contributed by atoms with Gasteiger partial charge in [-0.3, -0.25) is 9.59 Å². The van der Waals surface area contributed by atoms with E-state index in [1.807, 2.05) is 47.9 Å². The van der Waals surface area contributed by atoms with E-state index in [0.29, 0.717) is 30.4 Å². The Morgan fingerprint density at radius 1 is 0.929 bits per heavy atom. The zero-order valence-electron chi connectivity index (χ0n) is 16.6. The van der Waals surface area contributed by atoms with Crippen molar-refractivity contribution in [3.05, 3.63) is 52.7 Å². The van der Waals surface area contributed by atoms with Crippen LogP contribution in [0, 0.1) is 13.8 Å². The van der Waals surface area contributed by atoms with Crippen molar-refractivity contribution in [3.63, 3.8) is 0 Å². The van der Waals surface area contributed by atoms with Gasteiger partial charge in [0, 0.05) is 37.7 Å². The summed E-state index contributed by atoms with van der Waals surface area (Å²) in [6, 6.07) is 7.71. The maximum absolute atomic E-state index is 12.7. The number of carbonyl (C=O) groups is 2. The Bertz CT molecular complexity index is 858. The smallest absolute Gasteiger partial charge is 0.276 e. The van der Waals surface area contributed by atoms with E-state index in [4.69, 9.17) is 4.42 Å². The lowest BCUT2D eigenvalue weighted by Gasteiger charge is -2.30. The molecule has 6 nitrogen and oxygen atoms in total. The molecule has 0 saturated carbocycles. The third-order valence-electron chi connectivity index (χ3n) is 5.84. The Balaban J connectivity index is 1.40. The van der Waals surface area contributed by atoms with Crippen molar-refractivity contribution in [2.75, 3.05) is 26.2 Å². The molecule has 148 valence electrons. The molecule has 0 spiro atoms. The van der Waals surface area contributed by atoms with E-state index >= 15 is 0 Å². The van der Waals surface area contributed by atoms with Gasteiger partial charge in [0.25, 0.3) is 11.8 Å². The van der Waals surface area contributed by atoms with Gasteiger partial charge >= 0.3 is 0 Å². The largest absolute Gasteiger partial charge is 0.445 e. The molecule has 0 atom stereocenters. The minimum absolute atomic E-state index is 0.0167. The Kier molecular flexibility index (Phi) is 5.20. The van der Waals surface area contributed by atoms with Gasteiger partial charge in [-0.2, -0.15) is 0 Å². The average molecular weight is 381 g/mol. The number of benzene rings is 1. The third-order valence-corrected chi connectivity index (χ3v) is 5.84. The molecule has 2 saturated heterocycles. The van der Waals surface area contributed by atoms with Crippen LogP contribution < -0.4 is 0 Å². The molecule has 0 unspecified atom stereocenters. The van der Waals surface area contributed by atoms with Crippen molar-refractivity contribution in [3.8, 4) is 0 Å². The Morgan fingerprint density at radius 2 is 1.54 bits per heavy atom. The van der Waals surface area contributed by atoms with Crippen molar-refractivity contribution in [2.45, 2.75) is 45.4 Å². The van der Waals surface area contributed by atoms with Crippen LogP contribution in [-0.4, -0.2) is 52.8 Å². The fourth-order valence-electron chi connectivity index (χ4n) is 4.07. The first kappa shape index (κ1) is 18.7. The number of nitrogens with zero attached hydrogens (tertiary/aromatic N) is 3. The van der Waals surface area contributed by atoms with E-state index in [-0.39, 0.29) is 17.7 Å². The molecular weight excluding hydrogens is 354 g/mol. The lowest BCUT2D eigenvalue weighted by atomic mass is 9.96. The molecule has 1 aromatic carbocycles. The van der Waals surface area contributed by atoms with Gasteiger partial charge in [-0.05, 0) is 51.7 Å². The summed E-state index contributed by atoms with van der Waals surface area (Å²) in [5.74, 6) is 1.46. The van der Waals surface area contributed by atoms with Gasteiger partial charge in [0.1, 0.15) is 5.76 Å². The minimum atomic E-state index is -0.0167. The SMILES string of the molecule is Cc1ccc(C(=O)N2CCC(c3nc(C(=O)N4CCCC4)c(C)o3)CC2)cc1. The van der Waals surface area contributed by atoms with E-state index in [2.05, 4.69) is 4.98 Å². The maximum atomic E-state index is 12.7. The third kappa shape index (κ3) is 3.68. The number of oxazole rings is 1. The van der Waals surface area contributed by atoms with E-state index in [9.17, 15) is 9.59 Å². The van der Waals surface area contributed by atoms with Crippen LogP contribution in [0.5, 0.6) is 0 Å². The van der Waals surface area contributed by atoms with Crippen molar-refractivity contribution in [1.82, 2.24) is 14.8 Å². The predicted molar refractivity (Wildman–Crippen MR) is 105 cm³/mol. The number of hydrogen-bond donors (Lipinski definition) is 0. The number of aromatic nitrogens is 1.